The van der Waals surface area contributed by atoms with Crippen LogP contribution in [0.15, 0.2) is 24.3 Å². The van der Waals surface area contributed by atoms with Gasteiger partial charge in [0.2, 0.25) is 5.91 Å². The van der Waals surface area contributed by atoms with E-state index in [-0.39, 0.29) is 11.9 Å². The Hall–Kier alpha value is -1.35. The van der Waals surface area contributed by atoms with Crippen LogP contribution >= 0.6 is 0 Å². The molecule has 2 N–H and O–H groups in total. The van der Waals surface area contributed by atoms with E-state index < -0.39 is 0 Å². The minimum Gasteiger partial charge on any atom is -0.325 e. The van der Waals surface area contributed by atoms with Gasteiger partial charge in [-0.1, -0.05) is 25.0 Å². The molecular formula is C16H22N2O. The topological polar surface area (TPSA) is 41.1 Å². The van der Waals surface area contributed by atoms with Crippen molar-refractivity contribution in [2.75, 3.05) is 11.9 Å². The summed E-state index contributed by atoms with van der Waals surface area (Å²) in [6.07, 6.45) is 7.40. The molecule has 1 aliphatic carbocycles. The van der Waals surface area contributed by atoms with Crippen molar-refractivity contribution in [2.24, 2.45) is 0 Å². The van der Waals surface area contributed by atoms with Crippen LogP contribution in [0.3, 0.4) is 0 Å². The smallest absolute Gasteiger partial charge is 0.241 e. The first-order chi connectivity index (χ1) is 9.33. The maximum atomic E-state index is 12.0. The van der Waals surface area contributed by atoms with Crippen molar-refractivity contribution in [1.82, 2.24) is 5.32 Å². The summed E-state index contributed by atoms with van der Waals surface area (Å²) in [5, 5.41) is 6.22. The molecule has 0 bridgehead atoms. The van der Waals surface area contributed by atoms with Crippen molar-refractivity contribution in [3.63, 3.8) is 0 Å². The van der Waals surface area contributed by atoms with Crippen molar-refractivity contribution in [3.8, 4) is 0 Å². The van der Waals surface area contributed by atoms with E-state index in [1.807, 2.05) is 12.1 Å². The van der Waals surface area contributed by atoms with Crippen molar-refractivity contribution in [1.29, 1.82) is 0 Å². The first-order valence-corrected chi connectivity index (χ1v) is 7.47. The maximum absolute atomic E-state index is 12.0. The third kappa shape index (κ3) is 2.98. The second kappa shape index (κ2) is 5.74. The van der Waals surface area contributed by atoms with E-state index in [1.54, 1.807) is 0 Å². The lowest BCUT2D eigenvalue weighted by molar-refractivity contribution is -0.117. The van der Waals surface area contributed by atoms with E-state index >= 15 is 0 Å². The summed E-state index contributed by atoms with van der Waals surface area (Å²) >= 11 is 0. The van der Waals surface area contributed by atoms with Gasteiger partial charge >= 0.3 is 0 Å². The van der Waals surface area contributed by atoms with Crippen LogP contribution < -0.4 is 10.6 Å². The lowest BCUT2D eigenvalue weighted by Gasteiger charge is -2.13. The van der Waals surface area contributed by atoms with E-state index in [2.05, 4.69) is 22.8 Å². The van der Waals surface area contributed by atoms with Gasteiger partial charge in [-0.2, -0.15) is 0 Å². The molecule has 2 fully saturated rings. The number of amides is 1. The predicted octanol–water partition coefficient (Wildman–Crippen LogP) is 3.03. The number of carbonyl (C=O) groups is 1. The molecule has 1 heterocycles. The van der Waals surface area contributed by atoms with Gasteiger partial charge in [0.1, 0.15) is 0 Å². The monoisotopic (exact) mass is 258 g/mol. The summed E-state index contributed by atoms with van der Waals surface area (Å²) in [4.78, 5) is 12.0. The minimum absolute atomic E-state index is 0.00508. The van der Waals surface area contributed by atoms with Crippen molar-refractivity contribution < 1.29 is 4.79 Å². The fourth-order valence-electron chi connectivity index (χ4n) is 3.24. The van der Waals surface area contributed by atoms with Gasteiger partial charge in [0.25, 0.3) is 0 Å². The number of rotatable bonds is 3. The Labute approximate surface area is 114 Å². The SMILES string of the molecule is O=C(Nc1ccc(C2CCCC2)cc1)C1CCCN1. The minimum atomic E-state index is -0.00508. The Bertz CT molecular complexity index is 429. The van der Waals surface area contributed by atoms with Gasteiger partial charge in [-0.05, 0) is 55.8 Å². The fraction of sp³-hybridized carbons (Fsp3) is 0.562. The van der Waals surface area contributed by atoms with Crippen LogP contribution in [0, 0.1) is 0 Å². The summed E-state index contributed by atoms with van der Waals surface area (Å²) in [6.45, 7) is 0.957. The first kappa shape index (κ1) is 12.7. The van der Waals surface area contributed by atoms with Crippen LogP contribution in [0.2, 0.25) is 0 Å². The third-order valence-corrected chi connectivity index (χ3v) is 4.38. The van der Waals surface area contributed by atoms with Crippen LogP contribution in [-0.4, -0.2) is 18.5 Å². The Morgan fingerprint density at radius 2 is 1.79 bits per heavy atom. The number of nitrogens with one attached hydrogen (secondary N) is 2. The van der Waals surface area contributed by atoms with Crippen LogP contribution in [0.4, 0.5) is 5.69 Å². The molecule has 1 saturated heterocycles. The Morgan fingerprint density at radius 1 is 1.05 bits per heavy atom. The molecule has 1 saturated carbocycles. The lowest BCUT2D eigenvalue weighted by atomic mass is 9.97. The summed E-state index contributed by atoms with van der Waals surface area (Å²) in [7, 11) is 0. The molecule has 0 aromatic heterocycles. The zero-order valence-electron chi connectivity index (χ0n) is 11.3. The molecule has 0 spiro atoms. The predicted molar refractivity (Wildman–Crippen MR) is 77.3 cm³/mol. The quantitative estimate of drug-likeness (QED) is 0.875. The largest absolute Gasteiger partial charge is 0.325 e. The molecule has 1 aromatic rings. The van der Waals surface area contributed by atoms with Gasteiger partial charge in [-0.15, -0.1) is 0 Å². The van der Waals surface area contributed by atoms with Gasteiger partial charge in [0, 0.05) is 5.69 Å². The second-order valence-electron chi connectivity index (χ2n) is 5.74. The number of hydrogen-bond donors (Lipinski definition) is 2. The molecule has 19 heavy (non-hydrogen) atoms. The molecule has 1 atom stereocenters. The maximum Gasteiger partial charge on any atom is 0.241 e. The Morgan fingerprint density at radius 3 is 2.42 bits per heavy atom. The molecule has 1 aromatic carbocycles. The molecule has 3 rings (SSSR count). The first-order valence-electron chi connectivity index (χ1n) is 7.47. The van der Waals surface area contributed by atoms with E-state index in [9.17, 15) is 4.79 Å². The zero-order valence-corrected chi connectivity index (χ0v) is 11.3. The third-order valence-electron chi connectivity index (χ3n) is 4.38. The summed E-state index contributed by atoms with van der Waals surface area (Å²) in [5.41, 5.74) is 2.34. The van der Waals surface area contributed by atoms with Crippen LogP contribution in [0.5, 0.6) is 0 Å². The van der Waals surface area contributed by atoms with E-state index in [0.717, 1.165) is 31.0 Å². The van der Waals surface area contributed by atoms with Gasteiger partial charge in [-0.3, -0.25) is 4.79 Å². The van der Waals surface area contributed by atoms with Gasteiger partial charge < -0.3 is 10.6 Å². The van der Waals surface area contributed by atoms with E-state index in [4.69, 9.17) is 0 Å². The van der Waals surface area contributed by atoms with Crippen molar-refractivity contribution >= 4 is 11.6 Å². The highest BCUT2D eigenvalue weighted by Gasteiger charge is 2.22. The number of anilines is 1. The lowest BCUT2D eigenvalue weighted by Crippen LogP contribution is -2.35. The number of carbonyl (C=O) groups excluding carboxylic acids is 1. The van der Waals surface area contributed by atoms with Crippen LogP contribution in [0.1, 0.15) is 50.0 Å². The van der Waals surface area contributed by atoms with Gasteiger partial charge in [-0.25, -0.2) is 0 Å². The van der Waals surface area contributed by atoms with Gasteiger partial charge in [0.05, 0.1) is 6.04 Å². The molecule has 1 aliphatic heterocycles. The summed E-state index contributed by atoms with van der Waals surface area (Å²) in [6, 6.07) is 8.43. The Balaban J connectivity index is 1.60. The second-order valence-corrected chi connectivity index (χ2v) is 5.74. The zero-order chi connectivity index (χ0) is 13.1. The highest BCUT2D eigenvalue weighted by atomic mass is 16.2. The number of hydrogen-bond acceptors (Lipinski definition) is 2. The highest BCUT2D eigenvalue weighted by molar-refractivity contribution is 5.95. The normalized spacial score (nSPS) is 23.7. The summed E-state index contributed by atoms with van der Waals surface area (Å²) < 4.78 is 0. The molecule has 0 radical (unpaired) electrons. The van der Waals surface area contributed by atoms with E-state index in [1.165, 1.54) is 31.2 Å². The Kier molecular flexibility index (Phi) is 3.83. The van der Waals surface area contributed by atoms with Gasteiger partial charge in [0.15, 0.2) is 0 Å². The van der Waals surface area contributed by atoms with Crippen LogP contribution in [0.25, 0.3) is 0 Å². The summed E-state index contributed by atoms with van der Waals surface area (Å²) in [5.74, 6) is 0.840. The highest BCUT2D eigenvalue weighted by Crippen LogP contribution is 2.34. The average Bonchev–Trinajstić information content (AvgIpc) is 3.13. The van der Waals surface area contributed by atoms with Crippen molar-refractivity contribution in [3.05, 3.63) is 29.8 Å². The molecule has 102 valence electrons. The fourth-order valence-corrected chi connectivity index (χ4v) is 3.24. The molecule has 1 amide bonds. The molecule has 3 heteroatoms. The average molecular weight is 258 g/mol. The molecule has 3 nitrogen and oxygen atoms in total. The molecule has 1 unspecified atom stereocenters. The molecular weight excluding hydrogens is 236 g/mol. The number of benzene rings is 1. The molecule has 2 aliphatic rings. The van der Waals surface area contributed by atoms with Crippen molar-refractivity contribution in [2.45, 2.75) is 50.5 Å². The standard InChI is InChI=1S/C16H22N2O/c19-16(15-6-3-11-17-15)18-14-9-7-13(8-10-14)12-4-1-2-5-12/h7-10,12,15,17H,1-6,11H2,(H,18,19). The van der Waals surface area contributed by atoms with Crippen LogP contribution in [-0.2, 0) is 4.79 Å². The van der Waals surface area contributed by atoms with E-state index in [0.29, 0.717) is 0 Å².